The van der Waals surface area contributed by atoms with E-state index in [1.54, 1.807) is 11.3 Å². The van der Waals surface area contributed by atoms with E-state index in [2.05, 4.69) is 53.5 Å². The molecule has 2 N–H and O–H groups in total. The van der Waals surface area contributed by atoms with Crippen LogP contribution in [0.5, 0.6) is 0 Å². The fraction of sp³-hybridized carbons (Fsp3) is 0.778. The SMILES string of the molecule is CN=C(NCc1sc(C)nc1C)NCC(C1CCCCC1)N(C)C. The van der Waals surface area contributed by atoms with Crippen molar-refractivity contribution >= 4 is 17.3 Å². The Labute approximate surface area is 151 Å². The van der Waals surface area contributed by atoms with Gasteiger partial charge >= 0.3 is 0 Å². The number of likely N-dealkylation sites (N-methyl/N-ethyl adjacent to an activating group) is 1. The van der Waals surface area contributed by atoms with Crippen LogP contribution in [0, 0.1) is 19.8 Å². The number of guanidine groups is 1. The summed E-state index contributed by atoms with van der Waals surface area (Å²) in [6, 6.07) is 0.566. The molecule has 0 amide bonds. The van der Waals surface area contributed by atoms with Gasteiger partial charge in [0, 0.05) is 24.5 Å². The van der Waals surface area contributed by atoms with E-state index in [0.717, 1.165) is 35.7 Å². The normalized spacial score (nSPS) is 18.0. The standard InChI is InChI=1S/C18H33N5S/c1-13-17(24-14(2)22-13)12-21-18(19-3)20-11-16(23(4)5)15-9-7-6-8-10-15/h15-16H,6-12H2,1-5H3,(H2,19,20,21). The van der Waals surface area contributed by atoms with Gasteiger partial charge in [-0.25, -0.2) is 4.98 Å². The van der Waals surface area contributed by atoms with Crippen LogP contribution in [0.3, 0.4) is 0 Å². The molecule has 0 spiro atoms. The number of hydrogen-bond donors (Lipinski definition) is 2. The molecule has 1 aromatic rings. The van der Waals surface area contributed by atoms with Gasteiger partial charge in [-0.15, -0.1) is 11.3 Å². The Morgan fingerprint density at radius 3 is 2.50 bits per heavy atom. The maximum atomic E-state index is 4.48. The highest BCUT2D eigenvalue weighted by molar-refractivity contribution is 7.11. The van der Waals surface area contributed by atoms with Crippen molar-refractivity contribution in [3.63, 3.8) is 0 Å². The quantitative estimate of drug-likeness (QED) is 0.611. The Morgan fingerprint density at radius 1 is 1.25 bits per heavy atom. The Balaban J connectivity index is 1.85. The molecule has 1 unspecified atom stereocenters. The highest BCUT2D eigenvalue weighted by atomic mass is 32.1. The van der Waals surface area contributed by atoms with Crippen LogP contribution in [0.25, 0.3) is 0 Å². The summed E-state index contributed by atoms with van der Waals surface area (Å²) < 4.78 is 0. The molecule has 1 aliphatic rings. The smallest absolute Gasteiger partial charge is 0.191 e. The van der Waals surface area contributed by atoms with E-state index in [4.69, 9.17) is 0 Å². The molecule has 136 valence electrons. The predicted octanol–water partition coefficient (Wildman–Crippen LogP) is 2.94. The van der Waals surface area contributed by atoms with Gasteiger partial charge in [-0.2, -0.15) is 0 Å². The summed E-state index contributed by atoms with van der Waals surface area (Å²) in [4.78, 5) is 12.5. The molecule has 1 aromatic heterocycles. The first-order valence-corrected chi connectivity index (χ1v) is 9.86. The first kappa shape index (κ1) is 19.2. The largest absolute Gasteiger partial charge is 0.355 e. The monoisotopic (exact) mass is 351 g/mol. The molecule has 0 aromatic carbocycles. The van der Waals surface area contributed by atoms with E-state index < -0.39 is 0 Å². The molecule has 1 saturated carbocycles. The molecular weight excluding hydrogens is 318 g/mol. The number of aromatic nitrogens is 1. The highest BCUT2D eigenvalue weighted by Crippen LogP contribution is 2.28. The number of hydrogen-bond acceptors (Lipinski definition) is 4. The second kappa shape index (κ2) is 9.37. The lowest BCUT2D eigenvalue weighted by Crippen LogP contribution is -2.48. The molecule has 0 bridgehead atoms. The van der Waals surface area contributed by atoms with E-state index in [-0.39, 0.29) is 0 Å². The molecule has 2 rings (SSSR count). The minimum Gasteiger partial charge on any atom is -0.355 e. The summed E-state index contributed by atoms with van der Waals surface area (Å²) in [5.74, 6) is 1.67. The van der Waals surface area contributed by atoms with Crippen LogP contribution in [0.2, 0.25) is 0 Å². The Bertz CT molecular complexity index is 532. The number of nitrogens with one attached hydrogen (secondary N) is 2. The van der Waals surface area contributed by atoms with Crippen LogP contribution in [0.1, 0.15) is 47.7 Å². The molecule has 1 atom stereocenters. The summed E-state index contributed by atoms with van der Waals surface area (Å²) in [5, 5.41) is 8.08. The van der Waals surface area contributed by atoms with Gasteiger partial charge in [-0.05, 0) is 46.7 Å². The molecular formula is C18H33N5S. The Kier molecular flexibility index (Phi) is 7.49. The second-order valence-corrected chi connectivity index (χ2v) is 8.26. The van der Waals surface area contributed by atoms with Gasteiger partial charge in [-0.1, -0.05) is 19.3 Å². The van der Waals surface area contributed by atoms with Crippen molar-refractivity contribution in [3.05, 3.63) is 15.6 Å². The number of aryl methyl sites for hydroxylation is 2. The molecule has 1 heterocycles. The summed E-state index contributed by atoms with van der Waals surface area (Å²) in [6.07, 6.45) is 6.88. The maximum absolute atomic E-state index is 4.48. The fourth-order valence-corrected chi connectivity index (χ4v) is 4.49. The van der Waals surface area contributed by atoms with Gasteiger partial charge in [0.15, 0.2) is 5.96 Å². The number of nitrogens with zero attached hydrogens (tertiary/aromatic N) is 3. The summed E-state index contributed by atoms with van der Waals surface area (Å²) >= 11 is 1.75. The van der Waals surface area contributed by atoms with Gasteiger partial charge in [0.05, 0.1) is 17.2 Å². The molecule has 0 radical (unpaired) electrons. The molecule has 6 heteroatoms. The zero-order valence-corrected chi connectivity index (χ0v) is 16.7. The fourth-order valence-electron chi connectivity index (χ4n) is 3.61. The lowest BCUT2D eigenvalue weighted by molar-refractivity contribution is 0.171. The minimum absolute atomic E-state index is 0.566. The maximum Gasteiger partial charge on any atom is 0.191 e. The van der Waals surface area contributed by atoms with E-state index in [0.29, 0.717) is 6.04 Å². The molecule has 1 fully saturated rings. The van der Waals surface area contributed by atoms with Crippen molar-refractivity contribution in [2.24, 2.45) is 10.9 Å². The first-order valence-electron chi connectivity index (χ1n) is 9.05. The first-order chi connectivity index (χ1) is 11.5. The van der Waals surface area contributed by atoms with Gasteiger partial charge in [0.1, 0.15) is 0 Å². The van der Waals surface area contributed by atoms with Crippen LogP contribution in [0.4, 0.5) is 0 Å². The van der Waals surface area contributed by atoms with Crippen LogP contribution in [-0.4, -0.2) is 49.6 Å². The van der Waals surface area contributed by atoms with Crippen molar-refractivity contribution in [2.45, 2.75) is 58.5 Å². The third-order valence-electron chi connectivity index (χ3n) is 4.98. The molecule has 0 saturated heterocycles. The van der Waals surface area contributed by atoms with Gasteiger partial charge < -0.3 is 15.5 Å². The number of rotatable bonds is 6. The van der Waals surface area contributed by atoms with Crippen LogP contribution >= 0.6 is 11.3 Å². The van der Waals surface area contributed by atoms with E-state index in [9.17, 15) is 0 Å². The molecule has 1 aliphatic carbocycles. The third-order valence-corrected chi connectivity index (χ3v) is 6.05. The van der Waals surface area contributed by atoms with Crippen molar-refractivity contribution in [2.75, 3.05) is 27.7 Å². The number of aliphatic imine (C=N–C) groups is 1. The van der Waals surface area contributed by atoms with Crippen LogP contribution < -0.4 is 10.6 Å². The summed E-state index contributed by atoms with van der Waals surface area (Å²) in [5.41, 5.74) is 1.12. The summed E-state index contributed by atoms with van der Waals surface area (Å²) in [7, 11) is 6.23. The van der Waals surface area contributed by atoms with Crippen molar-refractivity contribution in [3.8, 4) is 0 Å². The second-order valence-electron chi connectivity index (χ2n) is 6.98. The van der Waals surface area contributed by atoms with E-state index in [1.165, 1.54) is 37.0 Å². The highest BCUT2D eigenvalue weighted by Gasteiger charge is 2.25. The molecule has 24 heavy (non-hydrogen) atoms. The zero-order valence-electron chi connectivity index (χ0n) is 15.9. The summed E-state index contributed by atoms with van der Waals surface area (Å²) in [6.45, 7) is 5.85. The minimum atomic E-state index is 0.566. The predicted molar refractivity (Wildman–Crippen MR) is 104 cm³/mol. The number of thiazole rings is 1. The Morgan fingerprint density at radius 2 is 1.96 bits per heavy atom. The van der Waals surface area contributed by atoms with Crippen molar-refractivity contribution in [1.82, 2.24) is 20.5 Å². The van der Waals surface area contributed by atoms with Gasteiger partial charge in [-0.3, -0.25) is 4.99 Å². The van der Waals surface area contributed by atoms with Gasteiger partial charge in [0.25, 0.3) is 0 Å². The average molecular weight is 352 g/mol. The van der Waals surface area contributed by atoms with Crippen LogP contribution in [0.15, 0.2) is 4.99 Å². The van der Waals surface area contributed by atoms with E-state index in [1.807, 2.05) is 7.05 Å². The molecule has 5 nitrogen and oxygen atoms in total. The topological polar surface area (TPSA) is 52.6 Å². The van der Waals surface area contributed by atoms with E-state index >= 15 is 0 Å². The van der Waals surface area contributed by atoms with Crippen molar-refractivity contribution < 1.29 is 0 Å². The molecule has 0 aliphatic heterocycles. The zero-order chi connectivity index (χ0) is 17.5. The Hall–Kier alpha value is -1.14. The lowest BCUT2D eigenvalue weighted by atomic mass is 9.83. The lowest BCUT2D eigenvalue weighted by Gasteiger charge is -2.35. The van der Waals surface area contributed by atoms with Crippen molar-refractivity contribution in [1.29, 1.82) is 0 Å². The van der Waals surface area contributed by atoms with Gasteiger partial charge in [0.2, 0.25) is 0 Å². The average Bonchev–Trinajstić information content (AvgIpc) is 2.89. The van der Waals surface area contributed by atoms with Crippen LogP contribution in [-0.2, 0) is 6.54 Å². The third kappa shape index (κ3) is 5.45.